The van der Waals surface area contributed by atoms with Gasteiger partial charge in [-0.05, 0) is 26.0 Å². The van der Waals surface area contributed by atoms with E-state index in [-0.39, 0.29) is 5.91 Å². The van der Waals surface area contributed by atoms with Crippen LogP contribution in [-0.4, -0.2) is 56.3 Å². The number of nitrogens with zero attached hydrogens (tertiary/aromatic N) is 1. The lowest BCUT2D eigenvalue weighted by atomic mass is 10.1. The van der Waals surface area contributed by atoms with Gasteiger partial charge < -0.3 is 19.7 Å². The summed E-state index contributed by atoms with van der Waals surface area (Å²) in [5.74, 6) is 0.670. The lowest BCUT2D eigenvalue weighted by Gasteiger charge is -2.32. The SMILES string of the molecule is CCOCCOc1ccccc1C(=O)N1CCNC(C)C1. The van der Waals surface area contributed by atoms with E-state index in [2.05, 4.69) is 12.2 Å². The second kappa shape index (κ2) is 8.00. The summed E-state index contributed by atoms with van der Waals surface area (Å²) in [6.07, 6.45) is 0. The number of carbonyl (C=O) groups is 1. The van der Waals surface area contributed by atoms with Gasteiger partial charge in [-0.2, -0.15) is 0 Å². The first-order valence-electron chi connectivity index (χ1n) is 7.54. The molecule has 116 valence electrons. The molecule has 0 spiro atoms. The zero-order valence-corrected chi connectivity index (χ0v) is 12.8. The van der Waals surface area contributed by atoms with E-state index in [1.807, 2.05) is 36.1 Å². The van der Waals surface area contributed by atoms with Gasteiger partial charge >= 0.3 is 0 Å². The summed E-state index contributed by atoms with van der Waals surface area (Å²) in [5, 5.41) is 3.34. The van der Waals surface area contributed by atoms with E-state index in [0.29, 0.717) is 37.2 Å². The Morgan fingerprint density at radius 2 is 2.19 bits per heavy atom. The second-order valence-electron chi connectivity index (χ2n) is 5.15. The first kappa shape index (κ1) is 15.8. The van der Waals surface area contributed by atoms with Crippen LogP contribution in [0.1, 0.15) is 24.2 Å². The molecule has 1 aromatic carbocycles. The Bertz CT molecular complexity index is 465. The third kappa shape index (κ3) is 4.44. The molecule has 0 aromatic heterocycles. The molecule has 21 heavy (non-hydrogen) atoms. The van der Waals surface area contributed by atoms with Crippen molar-refractivity contribution in [1.29, 1.82) is 0 Å². The largest absolute Gasteiger partial charge is 0.490 e. The Hall–Kier alpha value is -1.59. The molecule has 0 radical (unpaired) electrons. The molecule has 1 amide bonds. The molecule has 1 atom stereocenters. The standard InChI is InChI=1S/C16H24N2O3/c1-3-20-10-11-21-15-7-5-4-6-14(15)16(19)18-9-8-17-13(2)12-18/h4-7,13,17H,3,8-12H2,1-2H3. The van der Waals surface area contributed by atoms with Crippen molar-refractivity contribution in [2.45, 2.75) is 19.9 Å². The number of hydrogen-bond acceptors (Lipinski definition) is 4. The van der Waals surface area contributed by atoms with Crippen molar-refractivity contribution in [1.82, 2.24) is 10.2 Å². The first-order chi connectivity index (χ1) is 10.2. The van der Waals surface area contributed by atoms with Crippen molar-refractivity contribution in [3.05, 3.63) is 29.8 Å². The molecule has 1 aromatic rings. The maximum atomic E-state index is 12.6. The molecule has 0 saturated carbocycles. The van der Waals surface area contributed by atoms with Crippen LogP contribution in [0.3, 0.4) is 0 Å². The number of para-hydroxylation sites is 1. The first-order valence-corrected chi connectivity index (χ1v) is 7.54. The molecule has 1 unspecified atom stereocenters. The predicted molar refractivity (Wildman–Crippen MR) is 81.8 cm³/mol. The van der Waals surface area contributed by atoms with Gasteiger partial charge in [-0.3, -0.25) is 4.79 Å². The van der Waals surface area contributed by atoms with Gasteiger partial charge in [0.1, 0.15) is 12.4 Å². The van der Waals surface area contributed by atoms with Crippen molar-refractivity contribution in [2.24, 2.45) is 0 Å². The van der Waals surface area contributed by atoms with Crippen molar-refractivity contribution >= 4 is 5.91 Å². The van der Waals surface area contributed by atoms with Gasteiger partial charge in [0, 0.05) is 32.3 Å². The van der Waals surface area contributed by atoms with Crippen LogP contribution in [0.25, 0.3) is 0 Å². The third-order valence-electron chi connectivity index (χ3n) is 3.46. The highest BCUT2D eigenvalue weighted by Crippen LogP contribution is 2.20. The molecule has 1 N–H and O–H groups in total. The minimum atomic E-state index is 0.0374. The zero-order chi connectivity index (χ0) is 15.1. The van der Waals surface area contributed by atoms with Crippen LogP contribution in [0.2, 0.25) is 0 Å². The van der Waals surface area contributed by atoms with Gasteiger partial charge in [0.15, 0.2) is 0 Å². The van der Waals surface area contributed by atoms with Crippen LogP contribution in [-0.2, 0) is 4.74 Å². The summed E-state index contributed by atoms with van der Waals surface area (Å²) >= 11 is 0. The predicted octanol–water partition coefficient (Wildman–Crippen LogP) is 1.54. The second-order valence-corrected chi connectivity index (χ2v) is 5.15. The molecule has 5 heteroatoms. The fourth-order valence-corrected chi connectivity index (χ4v) is 2.41. The van der Waals surface area contributed by atoms with E-state index in [0.717, 1.165) is 19.6 Å². The van der Waals surface area contributed by atoms with E-state index in [9.17, 15) is 4.79 Å². The number of carbonyl (C=O) groups excluding carboxylic acids is 1. The Morgan fingerprint density at radius 1 is 1.38 bits per heavy atom. The molecular weight excluding hydrogens is 268 g/mol. The molecule has 2 rings (SSSR count). The highest BCUT2D eigenvalue weighted by atomic mass is 16.5. The van der Waals surface area contributed by atoms with E-state index in [1.54, 1.807) is 0 Å². The molecule has 0 bridgehead atoms. The lowest BCUT2D eigenvalue weighted by Crippen LogP contribution is -2.51. The Morgan fingerprint density at radius 3 is 2.95 bits per heavy atom. The maximum absolute atomic E-state index is 12.6. The van der Waals surface area contributed by atoms with Crippen molar-refractivity contribution < 1.29 is 14.3 Å². The molecule has 1 heterocycles. The van der Waals surface area contributed by atoms with Crippen LogP contribution in [0, 0.1) is 0 Å². The number of rotatable bonds is 6. The van der Waals surface area contributed by atoms with Gasteiger partial charge in [-0.15, -0.1) is 0 Å². The Kier molecular flexibility index (Phi) is 6.02. The lowest BCUT2D eigenvalue weighted by molar-refractivity contribution is 0.0699. The number of piperazine rings is 1. The number of hydrogen-bond donors (Lipinski definition) is 1. The number of ether oxygens (including phenoxy) is 2. The van der Waals surface area contributed by atoms with Crippen LogP contribution in [0.5, 0.6) is 5.75 Å². The highest BCUT2D eigenvalue weighted by molar-refractivity contribution is 5.97. The van der Waals surface area contributed by atoms with Gasteiger partial charge in [0.2, 0.25) is 0 Å². The van der Waals surface area contributed by atoms with Crippen molar-refractivity contribution in [3.8, 4) is 5.75 Å². The van der Waals surface area contributed by atoms with Crippen molar-refractivity contribution in [2.75, 3.05) is 39.5 Å². The quantitative estimate of drug-likeness (QED) is 0.808. The number of benzene rings is 1. The fraction of sp³-hybridized carbons (Fsp3) is 0.562. The van der Waals surface area contributed by atoms with Crippen LogP contribution >= 0.6 is 0 Å². The average molecular weight is 292 g/mol. The van der Waals surface area contributed by atoms with Crippen LogP contribution in [0.4, 0.5) is 0 Å². The number of nitrogens with one attached hydrogen (secondary N) is 1. The molecule has 5 nitrogen and oxygen atoms in total. The Labute approximate surface area is 126 Å². The highest BCUT2D eigenvalue weighted by Gasteiger charge is 2.23. The molecule has 1 aliphatic rings. The molecule has 1 fully saturated rings. The summed E-state index contributed by atoms with van der Waals surface area (Å²) in [6.45, 7) is 7.98. The molecule has 0 aliphatic carbocycles. The van der Waals surface area contributed by atoms with Crippen molar-refractivity contribution in [3.63, 3.8) is 0 Å². The summed E-state index contributed by atoms with van der Waals surface area (Å²) in [7, 11) is 0. The smallest absolute Gasteiger partial charge is 0.257 e. The van der Waals surface area contributed by atoms with Gasteiger partial charge in [-0.25, -0.2) is 0 Å². The van der Waals surface area contributed by atoms with E-state index >= 15 is 0 Å². The molecule has 1 aliphatic heterocycles. The Balaban J connectivity index is 2.02. The van der Waals surface area contributed by atoms with Gasteiger partial charge in [-0.1, -0.05) is 12.1 Å². The molecule has 1 saturated heterocycles. The monoisotopic (exact) mass is 292 g/mol. The summed E-state index contributed by atoms with van der Waals surface area (Å²) in [4.78, 5) is 14.5. The van der Waals surface area contributed by atoms with E-state index in [1.165, 1.54) is 0 Å². The minimum Gasteiger partial charge on any atom is -0.490 e. The van der Waals surface area contributed by atoms with E-state index in [4.69, 9.17) is 9.47 Å². The van der Waals surface area contributed by atoms with E-state index < -0.39 is 0 Å². The summed E-state index contributed by atoms with van der Waals surface area (Å²) < 4.78 is 10.9. The normalized spacial score (nSPS) is 18.6. The topological polar surface area (TPSA) is 50.8 Å². The van der Waals surface area contributed by atoms with Gasteiger partial charge in [0.05, 0.1) is 12.2 Å². The third-order valence-corrected chi connectivity index (χ3v) is 3.46. The zero-order valence-electron chi connectivity index (χ0n) is 12.8. The molecular formula is C16H24N2O3. The summed E-state index contributed by atoms with van der Waals surface area (Å²) in [5.41, 5.74) is 0.628. The fourth-order valence-electron chi connectivity index (χ4n) is 2.41. The van der Waals surface area contributed by atoms with Crippen LogP contribution in [0.15, 0.2) is 24.3 Å². The number of amides is 1. The maximum Gasteiger partial charge on any atom is 0.257 e. The van der Waals surface area contributed by atoms with Crippen LogP contribution < -0.4 is 10.1 Å². The van der Waals surface area contributed by atoms with Gasteiger partial charge in [0.25, 0.3) is 5.91 Å². The summed E-state index contributed by atoms with van der Waals surface area (Å²) in [6, 6.07) is 7.74. The average Bonchev–Trinajstić information content (AvgIpc) is 2.51. The minimum absolute atomic E-state index is 0.0374.